The number of amides is 2. The normalized spacial score (nSPS) is 13.6. The molecular weight excluding hydrogens is 466 g/mol. The van der Waals surface area contributed by atoms with Crippen LogP contribution >= 0.6 is 0 Å². The Kier molecular flexibility index (Phi) is 8.67. The zero-order valence-electron chi connectivity index (χ0n) is 21.8. The monoisotopic (exact) mass is 501 g/mol. The lowest BCUT2D eigenvalue weighted by molar-refractivity contribution is 0.0953. The van der Waals surface area contributed by atoms with Gasteiger partial charge in [-0.25, -0.2) is 0 Å². The fourth-order valence-electron chi connectivity index (χ4n) is 4.52. The summed E-state index contributed by atoms with van der Waals surface area (Å²) in [5.74, 6) is 1.27. The summed E-state index contributed by atoms with van der Waals surface area (Å²) in [7, 11) is 3.08. The van der Waals surface area contributed by atoms with Crippen molar-refractivity contribution in [2.75, 3.05) is 44.1 Å². The van der Waals surface area contributed by atoms with Crippen LogP contribution in [-0.2, 0) is 6.42 Å². The molecule has 0 aliphatic carbocycles. The van der Waals surface area contributed by atoms with Crippen LogP contribution in [0.25, 0.3) is 0 Å². The molecular formula is C30H35N3O4. The predicted octanol–water partition coefficient (Wildman–Crippen LogP) is 5.16. The van der Waals surface area contributed by atoms with Gasteiger partial charge in [-0.1, -0.05) is 37.3 Å². The highest BCUT2D eigenvalue weighted by molar-refractivity contribution is 6.06. The van der Waals surface area contributed by atoms with Gasteiger partial charge in [0.05, 0.1) is 19.8 Å². The number of nitrogens with zero attached hydrogens (tertiary/aromatic N) is 1. The Bertz CT molecular complexity index is 1200. The molecule has 1 aliphatic heterocycles. The third-order valence-corrected chi connectivity index (χ3v) is 6.78. The van der Waals surface area contributed by atoms with Gasteiger partial charge in [0.2, 0.25) is 0 Å². The van der Waals surface area contributed by atoms with Gasteiger partial charge in [0.15, 0.2) is 0 Å². The minimum absolute atomic E-state index is 0.149. The van der Waals surface area contributed by atoms with Crippen molar-refractivity contribution in [3.05, 3.63) is 83.4 Å². The molecule has 1 saturated heterocycles. The molecule has 0 unspecified atom stereocenters. The Morgan fingerprint density at radius 3 is 2.22 bits per heavy atom. The first-order chi connectivity index (χ1) is 18.0. The summed E-state index contributed by atoms with van der Waals surface area (Å²) in [6, 6.07) is 20.6. The molecule has 2 N–H and O–H groups in total. The van der Waals surface area contributed by atoms with Crippen molar-refractivity contribution in [2.45, 2.75) is 26.2 Å². The van der Waals surface area contributed by atoms with Crippen molar-refractivity contribution in [1.82, 2.24) is 5.32 Å². The maximum Gasteiger partial charge on any atom is 0.255 e. The number of carbonyl (C=O) groups excluding carboxylic acids is 2. The van der Waals surface area contributed by atoms with Crippen LogP contribution in [0.5, 0.6) is 11.5 Å². The Hall–Kier alpha value is -4.00. The van der Waals surface area contributed by atoms with Gasteiger partial charge in [-0.05, 0) is 61.1 Å². The quantitative estimate of drug-likeness (QED) is 0.423. The van der Waals surface area contributed by atoms with Gasteiger partial charge in [-0.15, -0.1) is 0 Å². The van der Waals surface area contributed by atoms with E-state index in [4.69, 9.17) is 9.47 Å². The van der Waals surface area contributed by atoms with Crippen LogP contribution in [0.2, 0.25) is 0 Å². The van der Waals surface area contributed by atoms with E-state index in [1.807, 2.05) is 30.3 Å². The fraction of sp³-hybridized carbons (Fsp3) is 0.333. The number of nitrogens with one attached hydrogen (secondary N) is 2. The molecule has 1 fully saturated rings. The molecule has 2 amide bonds. The van der Waals surface area contributed by atoms with E-state index >= 15 is 0 Å². The average molecular weight is 502 g/mol. The van der Waals surface area contributed by atoms with E-state index in [1.54, 1.807) is 38.5 Å². The maximum absolute atomic E-state index is 13.4. The van der Waals surface area contributed by atoms with Gasteiger partial charge in [0.25, 0.3) is 11.8 Å². The molecule has 0 saturated carbocycles. The Labute approximate surface area is 218 Å². The highest BCUT2D eigenvalue weighted by Gasteiger charge is 2.22. The van der Waals surface area contributed by atoms with Crippen molar-refractivity contribution < 1.29 is 19.1 Å². The lowest BCUT2D eigenvalue weighted by Crippen LogP contribution is -2.35. The van der Waals surface area contributed by atoms with Gasteiger partial charge in [0.1, 0.15) is 11.5 Å². The molecule has 0 atom stereocenters. The van der Waals surface area contributed by atoms with E-state index < -0.39 is 0 Å². The number of benzene rings is 3. The SMILES string of the molecule is COc1cc(OC)cc(C(=O)Nc2ccc(N3CCC(C)CC3)c(C(=O)NCCc3ccccc3)c2)c1. The molecule has 0 bridgehead atoms. The van der Waals surface area contributed by atoms with Crippen LogP contribution in [0.15, 0.2) is 66.7 Å². The number of ether oxygens (including phenoxy) is 2. The molecule has 1 aliphatic rings. The fourth-order valence-corrected chi connectivity index (χ4v) is 4.52. The molecule has 0 aromatic heterocycles. The zero-order chi connectivity index (χ0) is 26.2. The van der Waals surface area contributed by atoms with Gasteiger partial charge in [-0.3, -0.25) is 9.59 Å². The van der Waals surface area contributed by atoms with Crippen LogP contribution < -0.4 is 25.0 Å². The van der Waals surface area contributed by atoms with Crippen molar-refractivity contribution in [3.63, 3.8) is 0 Å². The third kappa shape index (κ3) is 6.82. The first-order valence-corrected chi connectivity index (χ1v) is 12.7. The average Bonchev–Trinajstić information content (AvgIpc) is 2.93. The third-order valence-electron chi connectivity index (χ3n) is 6.78. The lowest BCUT2D eigenvalue weighted by Gasteiger charge is -2.33. The second kappa shape index (κ2) is 12.3. The van der Waals surface area contributed by atoms with E-state index in [0.717, 1.165) is 38.0 Å². The van der Waals surface area contributed by atoms with Crippen LogP contribution in [0.4, 0.5) is 11.4 Å². The maximum atomic E-state index is 13.4. The van der Waals surface area contributed by atoms with E-state index in [-0.39, 0.29) is 11.8 Å². The molecule has 1 heterocycles. The minimum atomic E-state index is -0.313. The van der Waals surface area contributed by atoms with E-state index in [2.05, 4.69) is 34.6 Å². The largest absolute Gasteiger partial charge is 0.497 e. The number of carbonyl (C=O) groups is 2. The van der Waals surface area contributed by atoms with Gasteiger partial charge in [-0.2, -0.15) is 0 Å². The number of anilines is 2. The van der Waals surface area contributed by atoms with E-state index in [1.165, 1.54) is 5.56 Å². The Balaban J connectivity index is 1.54. The summed E-state index contributed by atoms with van der Waals surface area (Å²) in [4.78, 5) is 28.7. The van der Waals surface area contributed by atoms with Crippen molar-refractivity contribution in [1.29, 1.82) is 0 Å². The first-order valence-electron chi connectivity index (χ1n) is 12.7. The molecule has 0 radical (unpaired) electrons. The molecule has 0 spiro atoms. The molecule has 194 valence electrons. The summed E-state index contributed by atoms with van der Waals surface area (Å²) in [6.07, 6.45) is 2.92. The molecule has 37 heavy (non-hydrogen) atoms. The number of piperidine rings is 1. The summed E-state index contributed by atoms with van der Waals surface area (Å²) in [5, 5.41) is 5.99. The molecule has 3 aromatic rings. The summed E-state index contributed by atoms with van der Waals surface area (Å²) >= 11 is 0. The highest BCUT2D eigenvalue weighted by Crippen LogP contribution is 2.29. The summed E-state index contributed by atoms with van der Waals surface area (Å²) in [6.45, 7) is 4.60. The van der Waals surface area contributed by atoms with Crippen molar-refractivity contribution in [3.8, 4) is 11.5 Å². The van der Waals surface area contributed by atoms with Crippen LogP contribution in [-0.4, -0.2) is 45.7 Å². The van der Waals surface area contributed by atoms with E-state index in [0.29, 0.717) is 40.8 Å². The zero-order valence-corrected chi connectivity index (χ0v) is 21.8. The van der Waals surface area contributed by atoms with Crippen molar-refractivity contribution >= 4 is 23.2 Å². The second-order valence-electron chi connectivity index (χ2n) is 9.45. The molecule has 7 heteroatoms. The summed E-state index contributed by atoms with van der Waals surface area (Å²) in [5.41, 5.74) is 3.57. The minimum Gasteiger partial charge on any atom is -0.497 e. The van der Waals surface area contributed by atoms with Gasteiger partial charge >= 0.3 is 0 Å². The Morgan fingerprint density at radius 2 is 1.57 bits per heavy atom. The number of rotatable bonds is 9. The highest BCUT2D eigenvalue weighted by atomic mass is 16.5. The van der Waals surface area contributed by atoms with Gasteiger partial charge < -0.3 is 25.0 Å². The predicted molar refractivity (Wildman–Crippen MR) is 147 cm³/mol. The molecule has 4 rings (SSSR count). The van der Waals surface area contributed by atoms with Crippen LogP contribution in [0, 0.1) is 5.92 Å². The summed E-state index contributed by atoms with van der Waals surface area (Å²) < 4.78 is 10.6. The van der Waals surface area contributed by atoms with Gasteiger partial charge in [0, 0.05) is 42.6 Å². The van der Waals surface area contributed by atoms with E-state index in [9.17, 15) is 9.59 Å². The van der Waals surface area contributed by atoms with Crippen molar-refractivity contribution in [2.24, 2.45) is 5.92 Å². The number of hydrogen-bond acceptors (Lipinski definition) is 5. The number of methoxy groups -OCH3 is 2. The van der Waals surface area contributed by atoms with Crippen LogP contribution in [0.3, 0.4) is 0 Å². The number of hydrogen-bond donors (Lipinski definition) is 2. The van der Waals surface area contributed by atoms with Crippen LogP contribution in [0.1, 0.15) is 46.0 Å². The standard InChI is InChI=1S/C30H35N3O4/c1-21-12-15-33(16-13-21)28-10-9-24(32-29(34)23-17-25(36-2)20-26(18-23)37-3)19-27(28)30(35)31-14-11-22-7-5-4-6-8-22/h4-10,17-21H,11-16H2,1-3H3,(H,31,35)(H,32,34). The lowest BCUT2D eigenvalue weighted by atomic mass is 9.97. The Morgan fingerprint density at radius 1 is 0.892 bits per heavy atom. The smallest absolute Gasteiger partial charge is 0.255 e. The molecule has 7 nitrogen and oxygen atoms in total. The topological polar surface area (TPSA) is 79.9 Å². The molecule has 3 aromatic carbocycles. The second-order valence-corrected chi connectivity index (χ2v) is 9.45. The first kappa shape index (κ1) is 26.1.